The summed E-state index contributed by atoms with van der Waals surface area (Å²) in [5.74, 6) is -0.910. The van der Waals surface area contributed by atoms with Crippen molar-refractivity contribution in [1.82, 2.24) is 0 Å². The minimum Gasteiger partial charge on any atom is -0.395 e. The normalized spacial score (nSPS) is 13.3. The SMILES string of the molecule is N#CC(CO)c1cccc(C(F)(F)F)c1. The van der Waals surface area contributed by atoms with E-state index >= 15 is 0 Å². The number of nitrogens with zero attached hydrogens (tertiary/aromatic N) is 1. The Bertz CT molecular complexity index is 381. The summed E-state index contributed by atoms with van der Waals surface area (Å²) in [4.78, 5) is 0. The van der Waals surface area contributed by atoms with E-state index in [0.29, 0.717) is 0 Å². The largest absolute Gasteiger partial charge is 0.416 e. The van der Waals surface area contributed by atoms with Crippen LogP contribution in [0.2, 0.25) is 0 Å². The molecular weight excluding hydrogens is 207 g/mol. The van der Waals surface area contributed by atoms with Crippen LogP contribution in [0.1, 0.15) is 17.0 Å². The van der Waals surface area contributed by atoms with Crippen LogP contribution in [0.5, 0.6) is 0 Å². The lowest BCUT2D eigenvalue weighted by Gasteiger charge is -2.10. The van der Waals surface area contributed by atoms with Gasteiger partial charge in [-0.1, -0.05) is 18.2 Å². The van der Waals surface area contributed by atoms with Gasteiger partial charge in [0, 0.05) is 0 Å². The maximum Gasteiger partial charge on any atom is 0.416 e. The Kier molecular flexibility index (Phi) is 3.32. The fourth-order valence-corrected chi connectivity index (χ4v) is 1.15. The molecule has 0 saturated heterocycles. The van der Waals surface area contributed by atoms with Crippen molar-refractivity contribution < 1.29 is 18.3 Å². The summed E-state index contributed by atoms with van der Waals surface area (Å²) in [6, 6.07) is 6.14. The van der Waals surface area contributed by atoms with Gasteiger partial charge in [-0.25, -0.2) is 0 Å². The van der Waals surface area contributed by atoms with E-state index in [1.807, 2.05) is 0 Å². The van der Waals surface area contributed by atoms with E-state index in [0.717, 1.165) is 12.1 Å². The number of nitriles is 1. The van der Waals surface area contributed by atoms with Gasteiger partial charge < -0.3 is 5.11 Å². The van der Waals surface area contributed by atoms with Crippen molar-refractivity contribution in [3.63, 3.8) is 0 Å². The van der Waals surface area contributed by atoms with Crippen molar-refractivity contribution in [1.29, 1.82) is 5.26 Å². The predicted molar refractivity (Wildman–Crippen MR) is 46.9 cm³/mol. The Morgan fingerprint density at radius 2 is 2.07 bits per heavy atom. The lowest BCUT2D eigenvalue weighted by atomic mass is 9.99. The van der Waals surface area contributed by atoms with Gasteiger partial charge >= 0.3 is 6.18 Å². The van der Waals surface area contributed by atoms with E-state index in [1.165, 1.54) is 12.1 Å². The van der Waals surface area contributed by atoms with Crippen LogP contribution in [0.3, 0.4) is 0 Å². The second-order valence-electron chi connectivity index (χ2n) is 2.99. The lowest BCUT2D eigenvalue weighted by molar-refractivity contribution is -0.137. The molecule has 0 spiro atoms. The zero-order valence-electron chi connectivity index (χ0n) is 7.62. The van der Waals surface area contributed by atoms with E-state index in [9.17, 15) is 13.2 Å². The minimum atomic E-state index is -4.43. The number of aliphatic hydroxyl groups excluding tert-OH is 1. The van der Waals surface area contributed by atoms with Crippen molar-refractivity contribution in [2.75, 3.05) is 6.61 Å². The molecular formula is C10H8F3NO. The quantitative estimate of drug-likeness (QED) is 0.822. The van der Waals surface area contributed by atoms with Crippen LogP contribution in [0, 0.1) is 11.3 Å². The second kappa shape index (κ2) is 4.32. The van der Waals surface area contributed by atoms with Gasteiger partial charge in [0.05, 0.1) is 24.2 Å². The number of hydrogen-bond acceptors (Lipinski definition) is 2. The Hall–Kier alpha value is -1.54. The molecule has 2 nitrogen and oxygen atoms in total. The van der Waals surface area contributed by atoms with Gasteiger partial charge in [-0.3, -0.25) is 0 Å². The molecule has 0 aliphatic heterocycles. The minimum absolute atomic E-state index is 0.176. The van der Waals surface area contributed by atoms with Crippen molar-refractivity contribution in [3.8, 4) is 6.07 Å². The lowest BCUT2D eigenvalue weighted by Crippen LogP contribution is -2.07. The van der Waals surface area contributed by atoms with Crippen molar-refractivity contribution in [3.05, 3.63) is 35.4 Å². The van der Waals surface area contributed by atoms with Gasteiger partial charge in [-0.2, -0.15) is 18.4 Å². The van der Waals surface area contributed by atoms with Crippen LogP contribution in [-0.2, 0) is 6.18 Å². The first-order valence-electron chi connectivity index (χ1n) is 4.16. The van der Waals surface area contributed by atoms with Gasteiger partial charge in [-0.05, 0) is 11.6 Å². The number of halogens is 3. The van der Waals surface area contributed by atoms with Crippen LogP contribution in [0.25, 0.3) is 0 Å². The molecule has 0 aromatic heterocycles. The third kappa shape index (κ3) is 2.70. The molecule has 1 rings (SSSR count). The van der Waals surface area contributed by atoms with E-state index in [2.05, 4.69) is 0 Å². The third-order valence-corrected chi connectivity index (χ3v) is 1.95. The maximum absolute atomic E-state index is 12.3. The maximum atomic E-state index is 12.3. The fourth-order valence-electron chi connectivity index (χ4n) is 1.15. The van der Waals surface area contributed by atoms with Crippen LogP contribution in [0.15, 0.2) is 24.3 Å². The highest BCUT2D eigenvalue weighted by Crippen LogP contribution is 2.30. The molecule has 1 unspecified atom stereocenters. The molecule has 1 atom stereocenters. The topological polar surface area (TPSA) is 44.0 Å². The molecule has 1 aromatic carbocycles. The molecule has 0 fully saturated rings. The summed E-state index contributed by atoms with van der Waals surface area (Å²) in [5.41, 5.74) is -0.636. The van der Waals surface area contributed by atoms with Gasteiger partial charge in [-0.15, -0.1) is 0 Å². The Labute approximate surface area is 84.6 Å². The standard InChI is InChI=1S/C10H8F3NO/c11-10(12,13)9-3-1-2-7(4-9)8(5-14)6-15/h1-4,8,15H,6H2. The number of aliphatic hydroxyl groups is 1. The summed E-state index contributed by atoms with van der Waals surface area (Å²) in [6.07, 6.45) is -4.43. The van der Waals surface area contributed by atoms with Crippen LogP contribution >= 0.6 is 0 Å². The molecule has 0 saturated carbocycles. The van der Waals surface area contributed by atoms with E-state index in [-0.39, 0.29) is 5.56 Å². The van der Waals surface area contributed by atoms with Gasteiger partial charge in [0.25, 0.3) is 0 Å². The molecule has 0 heterocycles. The first kappa shape index (κ1) is 11.5. The molecule has 0 radical (unpaired) electrons. The van der Waals surface area contributed by atoms with Crippen molar-refractivity contribution >= 4 is 0 Å². The molecule has 1 aromatic rings. The fraction of sp³-hybridized carbons (Fsp3) is 0.300. The Morgan fingerprint density at radius 3 is 2.53 bits per heavy atom. The summed E-state index contributed by atoms with van der Waals surface area (Å²) < 4.78 is 36.9. The summed E-state index contributed by atoms with van der Waals surface area (Å²) in [7, 11) is 0. The van der Waals surface area contributed by atoms with E-state index in [1.54, 1.807) is 6.07 Å². The first-order chi connectivity index (χ1) is 6.99. The van der Waals surface area contributed by atoms with Gasteiger partial charge in [0.15, 0.2) is 0 Å². The zero-order valence-corrected chi connectivity index (χ0v) is 7.62. The van der Waals surface area contributed by atoms with Crippen LogP contribution in [-0.4, -0.2) is 11.7 Å². The Morgan fingerprint density at radius 1 is 1.40 bits per heavy atom. The predicted octanol–water partition coefficient (Wildman–Crippen LogP) is 2.30. The van der Waals surface area contributed by atoms with Crippen LogP contribution in [0.4, 0.5) is 13.2 Å². The highest BCUT2D eigenvalue weighted by molar-refractivity contribution is 5.31. The first-order valence-corrected chi connectivity index (χ1v) is 4.16. The van der Waals surface area contributed by atoms with Crippen molar-refractivity contribution in [2.45, 2.75) is 12.1 Å². The zero-order chi connectivity index (χ0) is 11.5. The number of benzene rings is 1. The summed E-state index contributed by atoms with van der Waals surface area (Å²) in [5, 5.41) is 17.4. The number of alkyl halides is 3. The molecule has 0 amide bonds. The summed E-state index contributed by atoms with van der Waals surface area (Å²) >= 11 is 0. The van der Waals surface area contributed by atoms with Gasteiger partial charge in [0.2, 0.25) is 0 Å². The molecule has 80 valence electrons. The third-order valence-electron chi connectivity index (χ3n) is 1.95. The average molecular weight is 215 g/mol. The molecule has 15 heavy (non-hydrogen) atoms. The molecule has 0 bridgehead atoms. The highest BCUT2D eigenvalue weighted by Gasteiger charge is 2.30. The van der Waals surface area contributed by atoms with Crippen molar-refractivity contribution in [2.24, 2.45) is 0 Å². The van der Waals surface area contributed by atoms with Gasteiger partial charge in [0.1, 0.15) is 0 Å². The Balaban J connectivity index is 3.09. The molecule has 0 aliphatic carbocycles. The number of hydrogen-bond donors (Lipinski definition) is 1. The average Bonchev–Trinajstić information content (AvgIpc) is 2.19. The molecule has 0 aliphatic rings. The van der Waals surface area contributed by atoms with Crippen LogP contribution < -0.4 is 0 Å². The monoisotopic (exact) mass is 215 g/mol. The highest BCUT2D eigenvalue weighted by atomic mass is 19.4. The summed E-state index contributed by atoms with van der Waals surface area (Å²) in [6.45, 7) is -0.488. The molecule has 1 N–H and O–H groups in total. The smallest absolute Gasteiger partial charge is 0.395 e. The van der Waals surface area contributed by atoms with E-state index in [4.69, 9.17) is 10.4 Å². The van der Waals surface area contributed by atoms with E-state index < -0.39 is 24.3 Å². The molecule has 5 heteroatoms. The second-order valence-corrected chi connectivity index (χ2v) is 2.99. The number of rotatable bonds is 2.